The van der Waals surface area contributed by atoms with Crippen LogP contribution in [0.15, 0.2) is 18.2 Å². The van der Waals surface area contributed by atoms with E-state index in [1.807, 2.05) is 14.1 Å². The number of halogens is 1. The highest BCUT2D eigenvalue weighted by atomic mass is 19.1. The van der Waals surface area contributed by atoms with E-state index in [-0.39, 0.29) is 11.2 Å². The van der Waals surface area contributed by atoms with Gasteiger partial charge in [0.1, 0.15) is 5.82 Å². The van der Waals surface area contributed by atoms with E-state index in [4.69, 9.17) is 0 Å². The lowest BCUT2D eigenvalue weighted by molar-refractivity contribution is -0.385. The molecule has 1 fully saturated rings. The number of rotatable bonds is 5. The van der Waals surface area contributed by atoms with Crippen LogP contribution in [0.5, 0.6) is 0 Å². The third kappa shape index (κ3) is 2.84. The zero-order valence-electron chi connectivity index (χ0n) is 11.1. The van der Waals surface area contributed by atoms with Crippen LogP contribution in [0, 0.1) is 15.9 Å². The number of benzene rings is 1. The fraction of sp³-hybridized carbons (Fsp3) is 0.538. The second-order valence-corrected chi connectivity index (χ2v) is 5.28. The third-order valence-corrected chi connectivity index (χ3v) is 3.95. The van der Waals surface area contributed by atoms with Gasteiger partial charge in [-0.25, -0.2) is 4.39 Å². The Morgan fingerprint density at radius 1 is 1.42 bits per heavy atom. The Morgan fingerprint density at radius 2 is 2.11 bits per heavy atom. The number of likely N-dealkylation sites (N-methyl/N-ethyl adjacent to an activating group) is 1. The lowest BCUT2D eigenvalue weighted by Gasteiger charge is -2.47. The summed E-state index contributed by atoms with van der Waals surface area (Å²) in [5.41, 5.74) is 0.316. The molecule has 0 radical (unpaired) electrons. The van der Waals surface area contributed by atoms with Gasteiger partial charge in [0.2, 0.25) is 0 Å². The van der Waals surface area contributed by atoms with Crippen molar-refractivity contribution in [2.24, 2.45) is 0 Å². The fourth-order valence-corrected chi connectivity index (χ4v) is 2.42. The van der Waals surface area contributed by atoms with E-state index in [2.05, 4.69) is 10.2 Å². The number of non-ortho nitro benzene ring substituents is 1. The van der Waals surface area contributed by atoms with E-state index in [9.17, 15) is 14.5 Å². The van der Waals surface area contributed by atoms with E-state index in [0.717, 1.165) is 18.9 Å². The first-order valence-electron chi connectivity index (χ1n) is 6.29. The predicted molar refractivity (Wildman–Crippen MR) is 71.8 cm³/mol. The minimum Gasteiger partial charge on any atom is -0.383 e. The molecular weight excluding hydrogens is 249 g/mol. The van der Waals surface area contributed by atoms with E-state index in [1.165, 1.54) is 18.6 Å². The summed E-state index contributed by atoms with van der Waals surface area (Å²) < 4.78 is 13.3. The van der Waals surface area contributed by atoms with Crippen molar-refractivity contribution in [3.05, 3.63) is 34.1 Å². The van der Waals surface area contributed by atoms with Crippen molar-refractivity contribution in [3.8, 4) is 0 Å². The molecule has 0 unspecified atom stereocenters. The SMILES string of the molecule is CN(C)C1(CNc2cc(F)cc([N+](=O)[O-])c2)CCC1. The molecule has 0 aliphatic heterocycles. The molecule has 6 heteroatoms. The quantitative estimate of drug-likeness (QED) is 0.658. The van der Waals surface area contributed by atoms with Gasteiger partial charge < -0.3 is 10.2 Å². The highest BCUT2D eigenvalue weighted by Gasteiger charge is 2.38. The Morgan fingerprint density at radius 3 is 2.58 bits per heavy atom. The van der Waals surface area contributed by atoms with Gasteiger partial charge in [-0.2, -0.15) is 0 Å². The molecule has 0 bridgehead atoms. The molecule has 19 heavy (non-hydrogen) atoms. The van der Waals surface area contributed by atoms with Crippen LogP contribution < -0.4 is 5.32 Å². The van der Waals surface area contributed by atoms with Gasteiger partial charge in [-0.1, -0.05) is 0 Å². The van der Waals surface area contributed by atoms with E-state index >= 15 is 0 Å². The molecule has 2 rings (SSSR count). The van der Waals surface area contributed by atoms with Crippen LogP contribution in [0.1, 0.15) is 19.3 Å². The maximum Gasteiger partial charge on any atom is 0.274 e. The summed E-state index contributed by atoms with van der Waals surface area (Å²) in [6.07, 6.45) is 3.36. The normalized spacial score (nSPS) is 17.1. The first kappa shape index (κ1) is 13.7. The van der Waals surface area contributed by atoms with Crippen molar-refractivity contribution in [2.75, 3.05) is 26.0 Å². The monoisotopic (exact) mass is 267 g/mol. The summed E-state index contributed by atoms with van der Waals surface area (Å²) in [7, 11) is 4.05. The maximum atomic E-state index is 13.3. The number of anilines is 1. The lowest BCUT2D eigenvalue weighted by atomic mass is 9.75. The van der Waals surface area contributed by atoms with Crippen LogP contribution in [0.4, 0.5) is 15.8 Å². The van der Waals surface area contributed by atoms with Gasteiger partial charge in [-0.15, -0.1) is 0 Å². The summed E-state index contributed by atoms with van der Waals surface area (Å²) >= 11 is 0. The molecule has 1 saturated carbocycles. The molecule has 0 amide bonds. The van der Waals surface area contributed by atoms with Crippen LogP contribution in [-0.4, -0.2) is 36.0 Å². The van der Waals surface area contributed by atoms with Gasteiger partial charge in [-0.05, 0) is 39.4 Å². The Labute approximate surface area is 111 Å². The molecule has 0 saturated heterocycles. The Bertz CT molecular complexity index is 487. The van der Waals surface area contributed by atoms with Crippen molar-refractivity contribution in [1.82, 2.24) is 4.90 Å². The summed E-state index contributed by atoms with van der Waals surface area (Å²) in [6, 6.07) is 3.58. The summed E-state index contributed by atoms with van der Waals surface area (Å²) in [5.74, 6) is -0.593. The lowest BCUT2D eigenvalue weighted by Crippen LogP contribution is -2.54. The van der Waals surface area contributed by atoms with Crippen LogP contribution in [-0.2, 0) is 0 Å². The van der Waals surface area contributed by atoms with Gasteiger partial charge in [-0.3, -0.25) is 10.1 Å². The molecule has 0 aromatic heterocycles. The number of hydrogen-bond acceptors (Lipinski definition) is 4. The van der Waals surface area contributed by atoms with Crippen molar-refractivity contribution in [1.29, 1.82) is 0 Å². The summed E-state index contributed by atoms with van der Waals surface area (Å²) in [6.45, 7) is 0.667. The standard InChI is InChI=1S/C13H18FN3O2/c1-16(2)13(4-3-5-13)9-15-11-6-10(14)7-12(8-11)17(18)19/h6-8,15H,3-5,9H2,1-2H3. The first-order chi connectivity index (χ1) is 8.93. The van der Waals surface area contributed by atoms with Gasteiger partial charge in [0.05, 0.1) is 11.0 Å². The largest absolute Gasteiger partial charge is 0.383 e. The second-order valence-electron chi connectivity index (χ2n) is 5.28. The Balaban J connectivity index is 2.09. The van der Waals surface area contributed by atoms with Gasteiger partial charge >= 0.3 is 0 Å². The number of nitro benzene ring substituents is 1. The van der Waals surface area contributed by atoms with Gasteiger partial charge in [0, 0.05) is 23.8 Å². The molecule has 1 aliphatic rings. The third-order valence-electron chi connectivity index (χ3n) is 3.95. The number of nitro groups is 1. The number of nitrogens with zero attached hydrogens (tertiary/aromatic N) is 2. The Kier molecular flexibility index (Phi) is 3.71. The van der Waals surface area contributed by atoms with Crippen LogP contribution in [0.25, 0.3) is 0 Å². The van der Waals surface area contributed by atoms with Crippen molar-refractivity contribution >= 4 is 11.4 Å². The highest BCUT2D eigenvalue weighted by Crippen LogP contribution is 2.36. The van der Waals surface area contributed by atoms with Gasteiger partial charge in [0.25, 0.3) is 5.69 Å². The second kappa shape index (κ2) is 5.13. The van der Waals surface area contributed by atoms with Crippen LogP contribution in [0.2, 0.25) is 0 Å². The average molecular weight is 267 g/mol. The molecule has 0 spiro atoms. The molecule has 0 atom stereocenters. The summed E-state index contributed by atoms with van der Waals surface area (Å²) in [4.78, 5) is 12.3. The zero-order chi connectivity index (χ0) is 14.0. The van der Waals surface area contributed by atoms with Crippen LogP contribution >= 0.6 is 0 Å². The van der Waals surface area contributed by atoms with Gasteiger partial charge in [0.15, 0.2) is 0 Å². The molecule has 104 valence electrons. The van der Waals surface area contributed by atoms with Crippen molar-refractivity contribution in [3.63, 3.8) is 0 Å². The maximum absolute atomic E-state index is 13.3. The Hall–Kier alpha value is -1.69. The zero-order valence-corrected chi connectivity index (χ0v) is 11.1. The number of hydrogen-bond donors (Lipinski definition) is 1. The predicted octanol–water partition coefficient (Wildman–Crippen LogP) is 2.63. The van der Waals surface area contributed by atoms with Crippen molar-refractivity contribution in [2.45, 2.75) is 24.8 Å². The molecule has 0 heterocycles. The average Bonchev–Trinajstić information content (AvgIpc) is 2.26. The first-order valence-corrected chi connectivity index (χ1v) is 6.29. The van der Waals surface area contributed by atoms with E-state index < -0.39 is 10.7 Å². The minimum atomic E-state index is -0.593. The highest BCUT2D eigenvalue weighted by molar-refractivity contribution is 5.51. The molecule has 1 aliphatic carbocycles. The smallest absolute Gasteiger partial charge is 0.274 e. The topological polar surface area (TPSA) is 58.4 Å². The number of nitrogens with one attached hydrogen (secondary N) is 1. The minimum absolute atomic E-state index is 0.0844. The molecular formula is C13H18FN3O2. The van der Waals surface area contributed by atoms with Crippen molar-refractivity contribution < 1.29 is 9.31 Å². The molecule has 5 nitrogen and oxygen atoms in total. The molecule has 1 aromatic carbocycles. The van der Waals surface area contributed by atoms with E-state index in [1.54, 1.807) is 0 Å². The molecule has 1 aromatic rings. The van der Waals surface area contributed by atoms with Crippen LogP contribution in [0.3, 0.4) is 0 Å². The molecule has 1 N–H and O–H groups in total. The fourth-order valence-electron chi connectivity index (χ4n) is 2.42. The van der Waals surface area contributed by atoms with E-state index in [0.29, 0.717) is 12.2 Å². The summed E-state index contributed by atoms with van der Waals surface area (Å²) in [5, 5.41) is 13.8.